The largest absolute Gasteiger partial charge is 0.462 e. The summed E-state index contributed by atoms with van der Waals surface area (Å²) in [5.74, 6) is -1.10. The molecule has 5 heteroatoms. The predicted molar refractivity (Wildman–Crippen MR) is 96.8 cm³/mol. The van der Waals surface area contributed by atoms with Gasteiger partial charge in [-0.05, 0) is 61.5 Å². The Balaban J connectivity index is 1.74. The average molecular weight is 376 g/mol. The standard InChI is InChI=1S/C22H26F2O3/c1-12(25)27-18-5-4-15-14-10-13(11-23)19-20(24)17(26)7-9-22(19,3)16(14)6-8-21(15,18)2/h7,9,11,14-16,18H,4-6,8,10H2,1-3H3/b13-11+/t14-,15-,16-,18-,21-,22+/m0/s1. The molecule has 4 aliphatic carbocycles. The molecule has 3 nitrogen and oxygen atoms in total. The number of ketones is 1. The molecule has 3 saturated carbocycles. The fourth-order valence-electron chi connectivity index (χ4n) is 6.68. The van der Waals surface area contributed by atoms with Crippen LogP contribution in [0.3, 0.4) is 0 Å². The maximum Gasteiger partial charge on any atom is 0.302 e. The van der Waals surface area contributed by atoms with Crippen LogP contribution in [0.25, 0.3) is 0 Å². The monoisotopic (exact) mass is 376 g/mol. The molecule has 0 aliphatic heterocycles. The Kier molecular flexibility index (Phi) is 4.21. The molecular formula is C22H26F2O3. The van der Waals surface area contributed by atoms with Crippen molar-refractivity contribution in [3.8, 4) is 0 Å². The van der Waals surface area contributed by atoms with E-state index in [1.807, 2.05) is 6.92 Å². The fourth-order valence-corrected chi connectivity index (χ4v) is 6.68. The van der Waals surface area contributed by atoms with E-state index in [1.165, 1.54) is 13.0 Å². The van der Waals surface area contributed by atoms with Crippen LogP contribution in [-0.2, 0) is 14.3 Å². The SMILES string of the molecule is CC(=O)O[C@H]1CC[C@H]2[C@@H]3C/C(=C\F)C4=C(F)C(=O)C=C[C@]4(C)[C@H]3CC[C@]12C. The van der Waals surface area contributed by atoms with Crippen LogP contribution < -0.4 is 0 Å². The highest BCUT2D eigenvalue weighted by Crippen LogP contribution is 2.66. The molecule has 0 N–H and O–H groups in total. The number of esters is 1. The van der Waals surface area contributed by atoms with Gasteiger partial charge in [-0.2, -0.15) is 0 Å². The van der Waals surface area contributed by atoms with Crippen LogP contribution in [0.5, 0.6) is 0 Å². The van der Waals surface area contributed by atoms with Gasteiger partial charge in [0.2, 0.25) is 5.78 Å². The average Bonchev–Trinajstić information content (AvgIpc) is 2.94. The van der Waals surface area contributed by atoms with Crippen molar-refractivity contribution in [1.29, 1.82) is 0 Å². The van der Waals surface area contributed by atoms with E-state index in [0.717, 1.165) is 25.7 Å². The van der Waals surface area contributed by atoms with E-state index in [-0.39, 0.29) is 34.9 Å². The number of carbonyl (C=O) groups is 2. The van der Waals surface area contributed by atoms with Crippen molar-refractivity contribution in [3.05, 3.63) is 35.5 Å². The van der Waals surface area contributed by atoms with Gasteiger partial charge in [0.05, 0.1) is 6.33 Å². The topological polar surface area (TPSA) is 43.4 Å². The van der Waals surface area contributed by atoms with Gasteiger partial charge >= 0.3 is 5.97 Å². The highest BCUT2D eigenvalue weighted by molar-refractivity contribution is 6.05. The van der Waals surface area contributed by atoms with Gasteiger partial charge in [0.25, 0.3) is 0 Å². The molecule has 0 radical (unpaired) electrons. The molecule has 4 aliphatic rings. The molecule has 0 saturated heterocycles. The normalized spacial score (nSPS) is 44.8. The zero-order valence-corrected chi connectivity index (χ0v) is 16.1. The summed E-state index contributed by atoms with van der Waals surface area (Å²) in [6.07, 6.45) is 7.39. The first-order chi connectivity index (χ1) is 12.7. The van der Waals surface area contributed by atoms with Crippen molar-refractivity contribution >= 4 is 11.8 Å². The first kappa shape index (κ1) is 18.6. The number of fused-ring (bicyclic) bond motifs is 5. The van der Waals surface area contributed by atoms with Crippen molar-refractivity contribution in [2.45, 2.75) is 59.0 Å². The number of hydrogen-bond acceptors (Lipinski definition) is 3. The molecular weight excluding hydrogens is 350 g/mol. The Bertz CT molecular complexity index is 795. The molecule has 0 aromatic rings. The van der Waals surface area contributed by atoms with E-state index in [4.69, 9.17) is 4.74 Å². The third kappa shape index (κ3) is 2.50. The van der Waals surface area contributed by atoms with Gasteiger partial charge in [-0.25, -0.2) is 8.78 Å². The molecule has 0 spiro atoms. The molecule has 0 aromatic heterocycles. The van der Waals surface area contributed by atoms with E-state index >= 15 is 0 Å². The minimum atomic E-state index is -0.806. The maximum atomic E-state index is 14.7. The Labute approximate surface area is 158 Å². The predicted octanol–water partition coefficient (Wildman–Crippen LogP) is 4.99. The molecule has 6 atom stereocenters. The maximum absolute atomic E-state index is 14.7. The van der Waals surface area contributed by atoms with Gasteiger partial charge in [-0.1, -0.05) is 19.9 Å². The van der Waals surface area contributed by atoms with E-state index in [2.05, 4.69) is 6.92 Å². The summed E-state index contributed by atoms with van der Waals surface area (Å²) in [6, 6.07) is 0. The van der Waals surface area contributed by atoms with Crippen molar-refractivity contribution in [1.82, 2.24) is 0 Å². The molecule has 3 fully saturated rings. The second-order valence-electron chi connectivity index (χ2n) is 9.10. The summed E-state index contributed by atoms with van der Waals surface area (Å²) < 4.78 is 34.1. The summed E-state index contributed by atoms with van der Waals surface area (Å²) in [4.78, 5) is 23.4. The van der Waals surface area contributed by atoms with Gasteiger partial charge in [0.15, 0.2) is 5.83 Å². The number of ether oxygens (including phenoxy) is 1. The summed E-state index contributed by atoms with van der Waals surface area (Å²) in [7, 11) is 0. The van der Waals surface area contributed by atoms with Crippen LogP contribution in [0.4, 0.5) is 8.78 Å². The lowest BCUT2D eigenvalue weighted by molar-refractivity contribution is -0.156. The van der Waals surface area contributed by atoms with Crippen LogP contribution >= 0.6 is 0 Å². The van der Waals surface area contributed by atoms with Crippen molar-refractivity contribution in [2.75, 3.05) is 0 Å². The third-order valence-corrected chi connectivity index (χ3v) is 7.89. The lowest BCUT2D eigenvalue weighted by Crippen LogP contribution is -2.51. The van der Waals surface area contributed by atoms with Gasteiger partial charge in [-0.3, -0.25) is 9.59 Å². The summed E-state index contributed by atoms with van der Waals surface area (Å²) >= 11 is 0. The van der Waals surface area contributed by atoms with Crippen molar-refractivity contribution in [2.24, 2.45) is 28.6 Å². The second kappa shape index (κ2) is 6.11. The molecule has 146 valence electrons. The Hall–Kier alpha value is -1.78. The van der Waals surface area contributed by atoms with Gasteiger partial charge in [0.1, 0.15) is 6.10 Å². The highest BCUT2D eigenvalue weighted by atomic mass is 19.1. The van der Waals surface area contributed by atoms with Gasteiger partial charge in [0, 0.05) is 23.3 Å². The van der Waals surface area contributed by atoms with E-state index < -0.39 is 17.0 Å². The number of halogens is 2. The van der Waals surface area contributed by atoms with Crippen molar-refractivity contribution < 1.29 is 23.1 Å². The van der Waals surface area contributed by atoms with E-state index in [0.29, 0.717) is 24.2 Å². The quantitative estimate of drug-likeness (QED) is 0.606. The van der Waals surface area contributed by atoms with Crippen LogP contribution in [0.1, 0.15) is 52.9 Å². The molecule has 0 aromatic carbocycles. The van der Waals surface area contributed by atoms with Crippen LogP contribution in [-0.4, -0.2) is 17.9 Å². The number of hydrogen-bond donors (Lipinski definition) is 0. The van der Waals surface area contributed by atoms with Crippen LogP contribution in [0.2, 0.25) is 0 Å². The minimum absolute atomic E-state index is 0.108. The smallest absolute Gasteiger partial charge is 0.302 e. The lowest BCUT2D eigenvalue weighted by atomic mass is 9.47. The van der Waals surface area contributed by atoms with Gasteiger partial charge < -0.3 is 4.74 Å². The zero-order chi connectivity index (χ0) is 19.6. The Morgan fingerprint density at radius 1 is 1.26 bits per heavy atom. The van der Waals surface area contributed by atoms with Gasteiger partial charge in [-0.15, -0.1) is 0 Å². The second-order valence-corrected chi connectivity index (χ2v) is 9.10. The summed E-state index contributed by atoms with van der Waals surface area (Å²) in [6.45, 7) is 5.56. The molecule has 0 bridgehead atoms. The summed E-state index contributed by atoms with van der Waals surface area (Å²) in [5, 5.41) is 0. The Morgan fingerprint density at radius 2 is 2.00 bits per heavy atom. The molecule has 4 rings (SSSR count). The molecule has 0 amide bonds. The first-order valence-electron chi connectivity index (χ1n) is 9.83. The van der Waals surface area contributed by atoms with Crippen molar-refractivity contribution in [3.63, 3.8) is 0 Å². The lowest BCUT2D eigenvalue weighted by Gasteiger charge is -2.57. The number of carbonyl (C=O) groups excluding carboxylic acids is 2. The fraction of sp³-hybridized carbons (Fsp3) is 0.636. The number of rotatable bonds is 1. The molecule has 0 heterocycles. The number of allylic oxidation sites excluding steroid dienone is 5. The van der Waals surface area contributed by atoms with Crippen LogP contribution in [0, 0.1) is 28.6 Å². The first-order valence-corrected chi connectivity index (χ1v) is 9.83. The molecule has 27 heavy (non-hydrogen) atoms. The van der Waals surface area contributed by atoms with Crippen LogP contribution in [0.15, 0.2) is 35.5 Å². The Morgan fingerprint density at radius 3 is 2.67 bits per heavy atom. The zero-order valence-electron chi connectivity index (χ0n) is 16.1. The van der Waals surface area contributed by atoms with E-state index in [9.17, 15) is 18.4 Å². The minimum Gasteiger partial charge on any atom is -0.462 e. The third-order valence-electron chi connectivity index (χ3n) is 7.89. The van der Waals surface area contributed by atoms with E-state index in [1.54, 1.807) is 6.08 Å². The summed E-state index contributed by atoms with van der Waals surface area (Å²) in [5.41, 5.74) is -0.232. The molecule has 0 unspecified atom stereocenters. The highest BCUT2D eigenvalue weighted by Gasteiger charge is 2.61.